The summed E-state index contributed by atoms with van der Waals surface area (Å²) in [6.45, 7) is 3.59. The summed E-state index contributed by atoms with van der Waals surface area (Å²) < 4.78 is 3.54. The first-order chi connectivity index (χ1) is 13.0. The third-order valence-corrected chi connectivity index (χ3v) is 5.35. The summed E-state index contributed by atoms with van der Waals surface area (Å²) in [5.41, 5.74) is 1.46. The van der Waals surface area contributed by atoms with Gasteiger partial charge in [-0.25, -0.2) is 15.0 Å². The Morgan fingerprint density at radius 2 is 1.93 bits per heavy atom. The molecule has 1 aliphatic rings. The van der Waals surface area contributed by atoms with Crippen molar-refractivity contribution >= 4 is 22.8 Å². The summed E-state index contributed by atoms with van der Waals surface area (Å²) in [5.74, 6) is 1.69. The maximum Gasteiger partial charge on any atom is 0.272 e. The number of carbonyl (C=O) groups is 1. The summed E-state index contributed by atoms with van der Waals surface area (Å²) >= 11 is 0. The molecule has 4 heterocycles. The first-order valence-electron chi connectivity index (χ1n) is 9.10. The van der Waals surface area contributed by atoms with E-state index in [0.29, 0.717) is 5.69 Å². The van der Waals surface area contributed by atoms with Gasteiger partial charge in [0.15, 0.2) is 5.65 Å². The fourth-order valence-electron chi connectivity index (χ4n) is 3.73. The van der Waals surface area contributed by atoms with Crippen LogP contribution in [-0.4, -0.2) is 66.3 Å². The molecule has 1 amide bonds. The highest BCUT2D eigenvalue weighted by molar-refractivity contribution is 5.92. The van der Waals surface area contributed by atoms with Crippen molar-refractivity contribution in [3.63, 3.8) is 0 Å². The number of aromatic nitrogens is 6. The zero-order chi connectivity index (χ0) is 19.1. The number of nitrogens with zero attached hydrogens (tertiary/aromatic N) is 8. The first-order valence-corrected chi connectivity index (χ1v) is 9.10. The second-order valence-electron chi connectivity index (χ2n) is 7.12. The van der Waals surface area contributed by atoms with Crippen LogP contribution in [0.15, 0.2) is 18.7 Å². The third kappa shape index (κ3) is 3.02. The second-order valence-corrected chi connectivity index (χ2v) is 7.12. The molecule has 27 heavy (non-hydrogen) atoms. The molecule has 1 saturated heterocycles. The number of fused-ring (bicyclic) bond motifs is 1. The molecule has 0 aliphatic carbocycles. The predicted octanol–water partition coefficient (Wildman–Crippen LogP) is 1.15. The SMILES string of the molecule is Cc1nc(N2CCC(N(C)C(=O)c3cncn3C)CC2)c2cnn(C)c2n1. The summed E-state index contributed by atoms with van der Waals surface area (Å²) in [5, 5.41) is 5.29. The number of hydrogen-bond acceptors (Lipinski definition) is 6. The number of rotatable bonds is 3. The molecule has 0 N–H and O–H groups in total. The molecular formula is C18H24N8O. The van der Waals surface area contributed by atoms with Crippen LogP contribution in [0, 0.1) is 6.92 Å². The van der Waals surface area contributed by atoms with E-state index in [-0.39, 0.29) is 11.9 Å². The largest absolute Gasteiger partial charge is 0.356 e. The fraction of sp³-hybridized carbons (Fsp3) is 0.500. The number of piperidine rings is 1. The van der Waals surface area contributed by atoms with Crippen molar-refractivity contribution in [3.05, 3.63) is 30.2 Å². The summed E-state index contributed by atoms with van der Waals surface area (Å²) in [6, 6.07) is 0.205. The van der Waals surface area contributed by atoms with Crippen LogP contribution in [0.2, 0.25) is 0 Å². The van der Waals surface area contributed by atoms with Crippen molar-refractivity contribution in [3.8, 4) is 0 Å². The number of imidazole rings is 1. The summed E-state index contributed by atoms with van der Waals surface area (Å²) in [4.78, 5) is 30.0. The average molecular weight is 368 g/mol. The maximum atomic E-state index is 12.7. The smallest absolute Gasteiger partial charge is 0.272 e. The van der Waals surface area contributed by atoms with Crippen LogP contribution in [0.1, 0.15) is 29.2 Å². The van der Waals surface area contributed by atoms with Crippen molar-refractivity contribution < 1.29 is 4.79 Å². The highest BCUT2D eigenvalue weighted by Gasteiger charge is 2.28. The minimum absolute atomic E-state index is 0.0148. The van der Waals surface area contributed by atoms with Crippen LogP contribution in [-0.2, 0) is 14.1 Å². The van der Waals surface area contributed by atoms with Crippen LogP contribution < -0.4 is 4.90 Å². The molecule has 0 spiro atoms. The molecule has 0 unspecified atom stereocenters. The van der Waals surface area contributed by atoms with E-state index in [1.54, 1.807) is 21.8 Å². The molecule has 4 rings (SSSR count). The van der Waals surface area contributed by atoms with E-state index in [1.165, 1.54) is 0 Å². The topological polar surface area (TPSA) is 85.0 Å². The Hall–Kier alpha value is -2.97. The van der Waals surface area contributed by atoms with Gasteiger partial charge in [-0.1, -0.05) is 0 Å². The highest BCUT2D eigenvalue weighted by atomic mass is 16.2. The van der Waals surface area contributed by atoms with Gasteiger partial charge in [-0.05, 0) is 19.8 Å². The van der Waals surface area contributed by atoms with Gasteiger partial charge in [-0.2, -0.15) is 5.10 Å². The van der Waals surface area contributed by atoms with Gasteiger partial charge in [0.1, 0.15) is 17.3 Å². The molecule has 0 atom stereocenters. The van der Waals surface area contributed by atoms with Gasteiger partial charge in [-0.3, -0.25) is 9.48 Å². The number of carbonyl (C=O) groups excluding carboxylic acids is 1. The molecule has 1 fully saturated rings. The number of aryl methyl sites for hydroxylation is 3. The minimum atomic E-state index is 0.0148. The quantitative estimate of drug-likeness (QED) is 0.689. The van der Waals surface area contributed by atoms with E-state index in [1.807, 2.05) is 39.2 Å². The Morgan fingerprint density at radius 3 is 2.59 bits per heavy atom. The lowest BCUT2D eigenvalue weighted by atomic mass is 10.0. The molecule has 9 heteroatoms. The molecule has 1 aliphatic heterocycles. The lowest BCUT2D eigenvalue weighted by molar-refractivity contribution is 0.0699. The Morgan fingerprint density at radius 1 is 1.19 bits per heavy atom. The van der Waals surface area contributed by atoms with Gasteiger partial charge in [0.2, 0.25) is 0 Å². The third-order valence-electron chi connectivity index (χ3n) is 5.35. The van der Waals surface area contributed by atoms with Crippen LogP contribution in [0.25, 0.3) is 11.0 Å². The van der Waals surface area contributed by atoms with Crippen molar-refractivity contribution in [1.29, 1.82) is 0 Å². The Labute approximate surface area is 157 Å². The maximum absolute atomic E-state index is 12.7. The van der Waals surface area contributed by atoms with E-state index in [2.05, 4.69) is 25.0 Å². The molecular weight excluding hydrogens is 344 g/mol. The normalized spacial score (nSPS) is 15.5. The van der Waals surface area contributed by atoms with E-state index >= 15 is 0 Å². The molecule has 9 nitrogen and oxygen atoms in total. The monoisotopic (exact) mass is 368 g/mol. The second kappa shape index (κ2) is 6.64. The number of hydrogen-bond donors (Lipinski definition) is 0. The molecule has 3 aromatic heterocycles. The van der Waals surface area contributed by atoms with E-state index in [9.17, 15) is 4.79 Å². The highest BCUT2D eigenvalue weighted by Crippen LogP contribution is 2.27. The predicted molar refractivity (Wildman–Crippen MR) is 102 cm³/mol. The molecule has 0 radical (unpaired) electrons. The molecule has 0 aromatic carbocycles. The van der Waals surface area contributed by atoms with Crippen molar-refractivity contribution in [2.24, 2.45) is 14.1 Å². The van der Waals surface area contributed by atoms with Gasteiger partial charge in [0.25, 0.3) is 5.91 Å². The van der Waals surface area contributed by atoms with E-state index in [4.69, 9.17) is 0 Å². The van der Waals surface area contributed by atoms with Gasteiger partial charge < -0.3 is 14.4 Å². The minimum Gasteiger partial charge on any atom is -0.356 e. The molecule has 142 valence electrons. The molecule has 0 saturated carbocycles. The van der Waals surface area contributed by atoms with Crippen LogP contribution >= 0.6 is 0 Å². The van der Waals surface area contributed by atoms with Crippen molar-refractivity contribution in [2.45, 2.75) is 25.8 Å². The van der Waals surface area contributed by atoms with E-state index in [0.717, 1.165) is 48.6 Å². The number of amides is 1. The van der Waals surface area contributed by atoms with Crippen molar-refractivity contribution in [1.82, 2.24) is 34.2 Å². The Balaban J connectivity index is 1.50. The van der Waals surface area contributed by atoms with Crippen LogP contribution in [0.4, 0.5) is 5.82 Å². The average Bonchev–Trinajstić information content (AvgIpc) is 3.26. The van der Waals surface area contributed by atoms with Crippen LogP contribution in [0.5, 0.6) is 0 Å². The fourth-order valence-corrected chi connectivity index (χ4v) is 3.73. The van der Waals surface area contributed by atoms with Gasteiger partial charge >= 0.3 is 0 Å². The molecule has 3 aromatic rings. The van der Waals surface area contributed by atoms with Gasteiger partial charge in [-0.15, -0.1) is 0 Å². The Kier molecular flexibility index (Phi) is 4.29. The summed E-state index contributed by atoms with van der Waals surface area (Å²) in [7, 11) is 5.61. The lowest BCUT2D eigenvalue weighted by Gasteiger charge is -2.37. The standard InChI is InChI=1S/C18H24N8O/c1-12-21-16-14(9-20-25(16)4)17(22-12)26-7-5-13(6-8-26)24(3)18(27)15-10-19-11-23(15)2/h9-11,13H,5-8H2,1-4H3. The van der Waals surface area contributed by atoms with Gasteiger partial charge in [0.05, 0.1) is 24.1 Å². The van der Waals surface area contributed by atoms with Crippen LogP contribution in [0.3, 0.4) is 0 Å². The Bertz CT molecular complexity index is 983. The zero-order valence-electron chi connectivity index (χ0n) is 16.1. The molecule has 0 bridgehead atoms. The van der Waals surface area contributed by atoms with Gasteiger partial charge in [0, 0.05) is 40.3 Å². The summed E-state index contributed by atoms with van der Waals surface area (Å²) in [6.07, 6.45) is 6.89. The van der Waals surface area contributed by atoms with Crippen molar-refractivity contribution in [2.75, 3.05) is 25.0 Å². The first kappa shape index (κ1) is 17.4. The lowest BCUT2D eigenvalue weighted by Crippen LogP contribution is -2.46. The van der Waals surface area contributed by atoms with E-state index < -0.39 is 0 Å². The zero-order valence-corrected chi connectivity index (χ0v) is 16.1. The number of anilines is 1.